The van der Waals surface area contributed by atoms with Crippen molar-refractivity contribution < 1.29 is 22.3 Å². The number of carbonyl (C=O) groups excluding carboxylic acids is 1. The molecular weight excluding hydrogens is 395 g/mol. The molecule has 2 aromatic carbocycles. The van der Waals surface area contributed by atoms with Crippen molar-refractivity contribution in [1.29, 1.82) is 0 Å². The Morgan fingerprint density at radius 3 is 2.55 bits per heavy atom. The molecule has 3 rings (SSSR count). The summed E-state index contributed by atoms with van der Waals surface area (Å²) in [7, 11) is -2.66. The molecule has 0 aliphatic carbocycles. The van der Waals surface area contributed by atoms with Gasteiger partial charge in [-0.2, -0.15) is 4.31 Å². The topological polar surface area (TPSA) is 75.7 Å². The number of aryl methyl sites for hydroxylation is 2. The van der Waals surface area contributed by atoms with Crippen molar-refractivity contribution in [2.75, 3.05) is 25.5 Å². The Hall–Kier alpha value is -2.45. The molecule has 1 N–H and O–H groups in total. The second-order valence-corrected chi connectivity index (χ2v) is 9.16. The lowest BCUT2D eigenvalue weighted by atomic mass is 9.98. The number of para-hydroxylation sites is 1. The highest BCUT2D eigenvalue weighted by Gasteiger charge is 2.35. The summed E-state index contributed by atoms with van der Waals surface area (Å²) in [6, 6.07) is 9.13. The van der Waals surface area contributed by atoms with Gasteiger partial charge in [-0.25, -0.2) is 12.8 Å². The summed E-state index contributed by atoms with van der Waals surface area (Å²) in [6.45, 7) is 4.14. The standard InChI is InChI=1S/C21H25FN2O4S/c1-14-6-4-7-15(2)20(14)23-21(25)16-8-5-11-24(13-16)29(26,27)19-12-17(22)9-10-18(19)28-3/h4,6-7,9-10,12,16H,5,8,11,13H2,1-3H3,(H,23,25)/t16-/m0/s1. The number of nitrogens with zero attached hydrogens (tertiary/aromatic N) is 1. The SMILES string of the molecule is COc1ccc(F)cc1S(=O)(=O)N1CCC[C@H](C(=O)Nc2c(C)cccc2C)C1. The first-order valence-electron chi connectivity index (χ1n) is 9.45. The number of hydrogen-bond donors (Lipinski definition) is 1. The number of sulfonamides is 1. The van der Waals surface area contributed by atoms with Gasteiger partial charge < -0.3 is 10.1 Å². The Morgan fingerprint density at radius 2 is 1.90 bits per heavy atom. The summed E-state index contributed by atoms with van der Waals surface area (Å²) in [5, 5.41) is 2.95. The summed E-state index contributed by atoms with van der Waals surface area (Å²) in [5.41, 5.74) is 2.65. The normalized spacial score (nSPS) is 17.7. The van der Waals surface area contributed by atoms with E-state index in [1.54, 1.807) is 0 Å². The number of piperidine rings is 1. The summed E-state index contributed by atoms with van der Waals surface area (Å²) < 4.78 is 46.2. The van der Waals surface area contributed by atoms with E-state index in [4.69, 9.17) is 4.74 Å². The van der Waals surface area contributed by atoms with Crippen molar-refractivity contribution in [3.05, 3.63) is 53.3 Å². The van der Waals surface area contributed by atoms with Crippen LogP contribution in [0.5, 0.6) is 5.75 Å². The molecule has 1 saturated heterocycles. The van der Waals surface area contributed by atoms with Gasteiger partial charge in [0.15, 0.2) is 0 Å². The minimum Gasteiger partial charge on any atom is -0.495 e. The molecule has 156 valence electrons. The quantitative estimate of drug-likeness (QED) is 0.803. The van der Waals surface area contributed by atoms with Crippen LogP contribution in [-0.2, 0) is 14.8 Å². The van der Waals surface area contributed by atoms with Gasteiger partial charge in [0.25, 0.3) is 0 Å². The van der Waals surface area contributed by atoms with Crippen molar-refractivity contribution in [1.82, 2.24) is 4.31 Å². The number of benzene rings is 2. The van der Waals surface area contributed by atoms with E-state index in [9.17, 15) is 17.6 Å². The zero-order valence-electron chi connectivity index (χ0n) is 16.7. The number of methoxy groups -OCH3 is 1. The van der Waals surface area contributed by atoms with Crippen molar-refractivity contribution in [3.63, 3.8) is 0 Å². The van der Waals surface area contributed by atoms with Crippen molar-refractivity contribution in [3.8, 4) is 5.75 Å². The molecule has 29 heavy (non-hydrogen) atoms. The van der Waals surface area contributed by atoms with Crippen LogP contribution in [0, 0.1) is 25.6 Å². The molecular formula is C21H25FN2O4S. The van der Waals surface area contributed by atoms with Gasteiger partial charge in [0.2, 0.25) is 15.9 Å². The molecule has 0 bridgehead atoms. The number of amides is 1. The molecule has 2 aromatic rings. The lowest BCUT2D eigenvalue weighted by molar-refractivity contribution is -0.120. The van der Waals surface area contributed by atoms with E-state index in [1.165, 1.54) is 17.5 Å². The van der Waals surface area contributed by atoms with Gasteiger partial charge in [-0.05, 0) is 56.0 Å². The number of halogens is 1. The Morgan fingerprint density at radius 1 is 1.21 bits per heavy atom. The second kappa shape index (κ2) is 8.51. The van der Waals surface area contributed by atoms with E-state index < -0.39 is 21.8 Å². The molecule has 0 unspecified atom stereocenters. The molecule has 0 radical (unpaired) electrons. The molecule has 1 amide bonds. The molecule has 1 aliphatic rings. The van der Waals surface area contributed by atoms with Crippen LogP contribution in [0.1, 0.15) is 24.0 Å². The summed E-state index contributed by atoms with van der Waals surface area (Å²) in [6.07, 6.45) is 1.13. The fourth-order valence-corrected chi connectivity index (χ4v) is 5.29. The fraction of sp³-hybridized carbons (Fsp3) is 0.381. The van der Waals surface area contributed by atoms with Gasteiger partial charge in [0.05, 0.1) is 13.0 Å². The minimum atomic E-state index is -3.99. The average Bonchev–Trinajstić information content (AvgIpc) is 2.70. The maximum atomic E-state index is 13.7. The Bertz CT molecular complexity index is 1000. The molecule has 0 aromatic heterocycles. The second-order valence-electron chi connectivity index (χ2n) is 7.25. The minimum absolute atomic E-state index is 0.0404. The number of ether oxygens (including phenoxy) is 1. The molecule has 1 aliphatic heterocycles. The lowest BCUT2D eigenvalue weighted by Crippen LogP contribution is -2.43. The Balaban J connectivity index is 1.82. The first-order chi connectivity index (χ1) is 13.7. The van der Waals surface area contributed by atoms with E-state index in [1.807, 2.05) is 32.0 Å². The van der Waals surface area contributed by atoms with Crippen LogP contribution in [-0.4, -0.2) is 38.8 Å². The van der Waals surface area contributed by atoms with Gasteiger partial charge in [-0.1, -0.05) is 18.2 Å². The van der Waals surface area contributed by atoms with Gasteiger partial charge in [-0.15, -0.1) is 0 Å². The highest BCUT2D eigenvalue weighted by molar-refractivity contribution is 7.89. The van der Waals surface area contributed by atoms with Gasteiger partial charge in [0.1, 0.15) is 16.5 Å². The first-order valence-corrected chi connectivity index (χ1v) is 10.9. The van der Waals surface area contributed by atoms with Crippen LogP contribution in [0.15, 0.2) is 41.3 Å². The molecule has 0 spiro atoms. The molecule has 1 atom stereocenters. The van der Waals surface area contributed by atoms with Gasteiger partial charge in [0, 0.05) is 18.8 Å². The zero-order chi connectivity index (χ0) is 21.2. The smallest absolute Gasteiger partial charge is 0.246 e. The van der Waals surface area contributed by atoms with E-state index in [0.29, 0.717) is 12.8 Å². The highest BCUT2D eigenvalue weighted by Crippen LogP contribution is 2.31. The lowest BCUT2D eigenvalue weighted by Gasteiger charge is -2.31. The number of nitrogens with one attached hydrogen (secondary N) is 1. The van der Waals surface area contributed by atoms with Crippen LogP contribution in [0.25, 0.3) is 0 Å². The first kappa shape index (κ1) is 21.3. The fourth-order valence-electron chi connectivity index (χ4n) is 3.60. The van der Waals surface area contributed by atoms with Crippen LogP contribution in [0.2, 0.25) is 0 Å². The van der Waals surface area contributed by atoms with Crippen molar-refractivity contribution in [2.45, 2.75) is 31.6 Å². The van der Waals surface area contributed by atoms with E-state index in [2.05, 4.69) is 5.32 Å². The largest absolute Gasteiger partial charge is 0.495 e. The zero-order valence-corrected chi connectivity index (χ0v) is 17.6. The predicted octanol–water partition coefficient (Wildman–Crippen LogP) is 3.49. The van der Waals surface area contributed by atoms with E-state index >= 15 is 0 Å². The van der Waals surface area contributed by atoms with Crippen molar-refractivity contribution >= 4 is 21.6 Å². The summed E-state index contributed by atoms with van der Waals surface area (Å²) >= 11 is 0. The molecule has 6 nitrogen and oxygen atoms in total. The number of hydrogen-bond acceptors (Lipinski definition) is 4. The molecule has 1 heterocycles. The van der Waals surface area contributed by atoms with Gasteiger partial charge in [-0.3, -0.25) is 4.79 Å². The third-order valence-corrected chi connectivity index (χ3v) is 7.11. The maximum absolute atomic E-state index is 13.7. The maximum Gasteiger partial charge on any atom is 0.246 e. The molecule has 8 heteroatoms. The monoisotopic (exact) mass is 420 g/mol. The number of carbonyl (C=O) groups is 1. The highest BCUT2D eigenvalue weighted by atomic mass is 32.2. The Kier molecular flexibility index (Phi) is 6.24. The van der Waals surface area contributed by atoms with E-state index in [-0.39, 0.29) is 29.6 Å². The summed E-state index contributed by atoms with van der Waals surface area (Å²) in [4.78, 5) is 12.6. The van der Waals surface area contributed by atoms with Crippen LogP contribution in [0.4, 0.5) is 10.1 Å². The third-order valence-electron chi connectivity index (χ3n) is 5.23. The average molecular weight is 421 g/mol. The van der Waals surface area contributed by atoms with Crippen LogP contribution in [0.3, 0.4) is 0 Å². The predicted molar refractivity (Wildman–Crippen MR) is 109 cm³/mol. The number of rotatable bonds is 5. The van der Waals surface area contributed by atoms with E-state index in [0.717, 1.165) is 28.9 Å². The van der Waals surface area contributed by atoms with Gasteiger partial charge >= 0.3 is 0 Å². The number of anilines is 1. The molecule has 1 fully saturated rings. The van der Waals surface area contributed by atoms with Crippen LogP contribution >= 0.6 is 0 Å². The molecule has 0 saturated carbocycles. The Labute approximate surface area is 170 Å². The summed E-state index contributed by atoms with van der Waals surface area (Å²) in [5.74, 6) is -1.29. The third kappa shape index (κ3) is 4.43. The van der Waals surface area contributed by atoms with Crippen LogP contribution < -0.4 is 10.1 Å². The van der Waals surface area contributed by atoms with Crippen molar-refractivity contribution in [2.24, 2.45) is 5.92 Å².